The molecule has 4 nitrogen and oxygen atoms in total. The zero-order valence-corrected chi connectivity index (χ0v) is 11.7. The molecule has 0 fully saturated rings. The van der Waals surface area contributed by atoms with Gasteiger partial charge in [-0.15, -0.1) is 0 Å². The minimum absolute atomic E-state index is 0.718. The van der Waals surface area contributed by atoms with Crippen LogP contribution in [0.25, 0.3) is 0 Å². The molecule has 0 bridgehead atoms. The quantitative estimate of drug-likeness (QED) is 0.652. The lowest BCUT2D eigenvalue weighted by Crippen LogP contribution is -2.14. The summed E-state index contributed by atoms with van der Waals surface area (Å²) < 4.78 is 0. The number of nitrogens with two attached hydrogens (primary N) is 1. The second kappa shape index (κ2) is 5.80. The van der Waals surface area contributed by atoms with Crippen LogP contribution in [0.5, 0.6) is 0 Å². The molecule has 0 saturated heterocycles. The number of nitrogens with one attached hydrogen (secondary N) is 1. The highest BCUT2D eigenvalue weighted by Crippen LogP contribution is 2.18. The van der Waals surface area contributed by atoms with E-state index < -0.39 is 0 Å². The fraction of sp³-hybridized carbons (Fsp3) is 0.333. The molecule has 0 amide bonds. The summed E-state index contributed by atoms with van der Waals surface area (Å²) in [5.41, 5.74) is 7.24. The first-order chi connectivity index (χ1) is 9.15. The number of hydrogen-bond acceptors (Lipinski definition) is 4. The lowest BCUT2D eigenvalue weighted by atomic mass is 10.1. The normalized spacial score (nSPS) is 10.5. The third kappa shape index (κ3) is 2.90. The zero-order valence-electron chi connectivity index (χ0n) is 11.7. The van der Waals surface area contributed by atoms with Crippen molar-refractivity contribution in [1.29, 1.82) is 0 Å². The highest BCUT2D eigenvalue weighted by Gasteiger charge is 2.10. The van der Waals surface area contributed by atoms with E-state index in [1.165, 1.54) is 11.1 Å². The van der Waals surface area contributed by atoms with Gasteiger partial charge in [-0.05, 0) is 31.4 Å². The van der Waals surface area contributed by atoms with Crippen LogP contribution in [-0.4, -0.2) is 9.97 Å². The second-order valence-corrected chi connectivity index (χ2v) is 4.66. The molecule has 0 atom stereocenters. The SMILES string of the molecule is CCc1nc(Cc2ccccc2C)nc(NN)c1C. The van der Waals surface area contributed by atoms with E-state index in [9.17, 15) is 0 Å². The number of aromatic nitrogens is 2. The Morgan fingerprint density at radius 2 is 1.89 bits per heavy atom. The van der Waals surface area contributed by atoms with E-state index in [-0.39, 0.29) is 0 Å². The standard InChI is InChI=1S/C15H20N4/c1-4-13-11(3)15(19-16)18-14(17-13)9-12-8-6-5-7-10(12)2/h5-8H,4,9,16H2,1-3H3,(H,17,18,19). The Hall–Kier alpha value is -1.94. The van der Waals surface area contributed by atoms with Gasteiger partial charge in [0.25, 0.3) is 0 Å². The third-order valence-corrected chi connectivity index (χ3v) is 3.37. The number of hydrazine groups is 1. The van der Waals surface area contributed by atoms with Gasteiger partial charge >= 0.3 is 0 Å². The molecule has 4 heteroatoms. The third-order valence-electron chi connectivity index (χ3n) is 3.37. The molecular formula is C15H20N4. The van der Waals surface area contributed by atoms with Gasteiger partial charge in [0.1, 0.15) is 11.6 Å². The van der Waals surface area contributed by atoms with E-state index in [1.807, 2.05) is 19.1 Å². The number of nitrogen functional groups attached to an aromatic ring is 1. The number of aryl methyl sites for hydroxylation is 2. The van der Waals surface area contributed by atoms with E-state index in [1.54, 1.807) is 0 Å². The summed E-state index contributed by atoms with van der Waals surface area (Å²) in [5.74, 6) is 7.05. The molecule has 0 unspecified atom stereocenters. The number of hydrogen-bond donors (Lipinski definition) is 2. The molecule has 2 rings (SSSR count). The topological polar surface area (TPSA) is 63.8 Å². The van der Waals surface area contributed by atoms with Gasteiger partial charge in [0.2, 0.25) is 0 Å². The maximum absolute atomic E-state index is 5.53. The van der Waals surface area contributed by atoms with Crippen LogP contribution in [-0.2, 0) is 12.8 Å². The van der Waals surface area contributed by atoms with E-state index in [4.69, 9.17) is 5.84 Å². The molecular weight excluding hydrogens is 236 g/mol. The second-order valence-electron chi connectivity index (χ2n) is 4.66. The molecule has 0 radical (unpaired) electrons. The van der Waals surface area contributed by atoms with Gasteiger partial charge in [0, 0.05) is 17.7 Å². The van der Waals surface area contributed by atoms with Crippen LogP contribution in [0.1, 0.15) is 35.1 Å². The van der Waals surface area contributed by atoms with Crippen molar-refractivity contribution in [3.63, 3.8) is 0 Å². The first-order valence-electron chi connectivity index (χ1n) is 6.53. The van der Waals surface area contributed by atoms with Gasteiger partial charge in [0.05, 0.1) is 0 Å². The Morgan fingerprint density at radius 3 is 2.53 bits per heavy atom. The van der Waals surface area contributed by atoms with Crippen molar-refractivity contribution in [3.05, 3.63) is 52.5 Å². The molecule has 3 N–H and O–H groups in total. The number of rotatable bonds is 4. The monoisotopic (exact) mass is 256 g/mol. The van der Waals surface area contributed by atoms with Crippen molar-refractivity contribution in [2.24, 2.45) is 5.84 Å². The van der Waals surface area contributed by atoms with Crippen molar-refractivity contribution in [2.75, 3.05) is 5.43 Å². The van der Waals surface area contributed by atoms with Crippen molar-refractivity contribution in [3.8, 4) is 0 Å². The molecule has 0 aliphatic carbocycles. The fourth-order valence-corrected chi connectivity index (χ4v) is 2.16. The first-order valence-corrected chi connectivity index (χ1v) is 6.53. The minimum atomic E-state index is 0.718. The number of benzene rings is 1. The largest absolute Gasteiger partial charge is 0.308 e. The Balaban J connectivity index is 2.38. The summed E-state index contributed by atoms with van der Waals surface area (Å²) in [6, 6.07) is 8.30. The summed E-state index contributed by atoms with van der Waals surface area (Å²) in [4.78, 5) is 9.12. The Morgan fingerprint density at radius 1 is 1.16 bits per heavy atom. The first kappa shape index (κ1) is 13.5. The van der Waals surface area contributed by atoms with Crippen LogP contribution in [0, 0.1) is 13.8 Å². The van der Waals surface area contributed by atoms with Crippen LogP contribution in [0.3, 0.4) is 0 Å². The highest BCUT2D eigenvalue weighted by atomic mass is 15.3. The van der Waals surface area contributed by atoms with Crippen molar-refractivity contribution < 1.29 is 0 Å². The van der Waals surface area contributed by atoms with Gasteiger partial charge in [-0.25, -0.2) is 15.8 Å². The molecule has 1 heterocycles. The smallest absolute Gasteiger partial charge is 0.146 e. The van der Waals surface area contributed by atoms with Gasteiger partial charge in [-0.1, -0.05) is 31.2 Å². The van der Waals surface area contributed by atoms with E-state index >= 15 is 0 Å². The number of anilines is 1. The van der Waals surface area contributed by atoms with Crippen LogP contribution in [0.4, 0.5) is 5.82 Å². The maximum Gasteiger partial charge on any atom is 0.146 e. The summed E-state index contributed by atoms with van der Waals surface area (Å²) >= 11 is 0. The fourth-order valence-electron chi connectivity index (χ4n) is 2.16. The summed E-state index contributed by atoms with van der Waals surface area (Å²) in [6.07, 6.45) is 1.61. The number of nitrogens with zero attached hydrogens (tertiary/aromatic N) is 2. The summed E-state index contributed by atoms with van der Waals surface area (Å²) in [5, 5.41) is 0. The Kier molecular flexibility index (Phi) is 4.12. The van der Waals surface area contributed by atoms with E-state index in [0.29, 0.717) is 0 Å². The van der Waals surface area contributed by atoms with Crippen LogP contribution >= 0.6 is 0 Å². The Labute approximate surface area is 114 Å². The van der Waals surface area contributed by atoms with Crippen LogP contribution in [0.15, 0.2) is 24.3 Å². The maximum atomic E-state index is 5.53. The predicted molar refractivity (Wildman–Crippen MR) is 77.9 cm³/mol. The summed E-state index contributed by atoms with van der Waals surface area (Å²) in [6.45, 7) is 6.19. The van der Waals surface area contributed by atoms with Gasteiger partial charge in [-0.2, -0.15) is 0 Å². The molecule has 2 aromatic rings. The Bertz CT molecular complexity index is 553. The average molecular weight is 256 g/mol. The van der Waals surface area contributed by atoms with Crippen LogP contribution in [0.2, 0.25) is 0 Å². The predicted octanol–water partition coefficient (Wildman–Crippen LogP) is 2.53. The lowest BCUT2D eigenvalue weighted by molar-refractivity contribution is 0.885. The minimum Gasteiger partial charge on any atom is -0.308 e. The molecule has 100 valence electrons. The molecule has 1 aromatic carbocycles. The van der Waals surface area contributed by atoms with Gasteiger partial charge < -0.3 is 5.43 Å². The molecule has 0 spiro atoms. The average Bonchev–Trinajstić information content (AvgIpc) is 2.43. The van der Waals surface area contributed by atoms with Gasteiger partial charge in [0.15, 0.2) is 0 Å². The van der Waals surface area contributed by atoms with Crippen molar-refractivity contribution in [2.45, 2.75) is 33.6 Å². The molecule has 0 aliphatic heterocycles. The molecule has 0 aliphatic rings. The van der Waals surface area contributed by atoms with Crippen molar-refractivity contribution >= 4 is 5.82 Å². The molecule has 19 heavy (non-hydrogen) atoms. The van der Waals surface area contributed by atoms with Crippen LogP contribution < -0.4 is 11.3 Å². The molecule has 0 saturated carbocycles. The van der Waals surface area contributed by atoms with E-state index in [2.05, 4.69) is 41.4 Å². The summed E-state index contributed by atoms with van der Waals surface area (Å²) in [7, 11) is 0. The molecule has 1 aromatic heterocycles. The highest BCUT2D eigenvalue weighted by molar-refractivity contribution is 5.45. The van der Waals surface area contributed by atoms with E-state index in [0.717, 1.165) is 35.7 Å². The van der Waals surface area contributed by atoms with Crippen molar-refractivity contribution in [1.82, 2.24) is 9.97 Å². The lowest BCUT2D eigenvalue weighted by Gasteiger charge is -2.11. The zero-order chi connectivity index (χ0) is 13.8. The van der Waals surface area contributed by atoms with Gasteiger partial charge in [-0.3, -0.25) is 0 Å².